The van der Waals surface area contributed by atoms with E-state index < -0.39 is 0 Å². The SMILES string of the molecule is CC(C)c1cc(NC(=O)c2cnc3ccccc3n2)n[nH]1. The van der Waals surface area contributed by atoms with Crippen molar-refractivity contribution in [3.8, 4) is 0 Å². The number of benzene rings is 1. The second kappa shape index (κ2) is 5.32. The Hall–Kier alpha value is -2.76. The lowest BCUT2D eigenvalue weighted by Crippen LogP contribution is -2.14. The zero-order valence-corrected chi connectivity index (χ0v) is 11.8. The highest BCUT2D eigenvalue weighted by Gasteiger charge is 2.12. The molecule has 21 heavy (non-hydrogen) atoms. The maximum atomic E-state index is 12.2. The number of nitrogens with one attached hydrogen (secondary N) is 2. The fourth-order valence-corrected chi connectivity index (χ4v) is 1.94. The molecule has 2 aromatic heterocycles. The van der Waals surface area contributed by atoms with Gasteiger partial charge in [-0.3, -0.25) is 14.9 Å². The van der Waals surface area contributed by atoms with Crippen LogP contribution < -0.4 is 5.32 Å². The van der Waals surface area contributed by atoms with Gasteiger partial charge in [0.05, 0.1) is 17.2 Å². The second-order valence-electron chi connectivity index (χ2n) is 5.06. The molecule has 3 rings (SSSR count). The molecule has 0 aliphatic heterocycles. The van der Waals surface area contributed by atoms with E-state index in [0.717, 1.165) is 11.2 Å². The van der Waals surface area contributed by atoms with Gasteiger partial charge < -0.3 is 5.32 Å². The molecule has 106 valence electrons. The Morgan fingerprint density at radius 3 is 2.71 bits per heavy atom. The normalized spacial score (nSPS) is 11.0. The zero-order valence-electron chi connectivity index (χ0n) is 11.8. The number of hydrogen-bond acceptors (Lipinski definition) is 4. The van der Waals surface area contributed by atoms with Crippen molar-refractivity contribution < 1.29 is 4.79 Å². The van der Waals surface area contributed by atoms with Crippen molar-refractivity contribution >= 4 is 22.8 Å². The first-order valence-electron chi connectivity index (χ1n) is 6.72. The average Bonchev–Trinajstić information content (AvgIpc) is 2.95. The van der Waals surface area contributed by atoms with Gasteiger partial charge in [0, 0.05) is 11.8 Å². The molecule has 0 aliphatic carbocycles. The first-order valence-corrected chi connectivity index (χ1v) is 6.72. The third-order valence-corrected chi connectivity index (χ3v) is 3.14. The van der Waals surface area contributed by atoms with Crippen LogP contribution in [0.25, 0.3) is 11.0 Å². The second-order valence-corrected chi connectivity index (χ2v) is 5.06. The van der Waals surface area contributed by atoms with Gasteiger partial charge in [-0.05, 0) is 18.1 Å². The van der Waals surface area contributed by atoms with Crippen LogP contribution in [0.4, 0.5) is 5.82 Å². The minimum absolute atomic E-state index is 0.266. The molecule has 0 unspecified atom stereocenters. The summed E-state index contributed by atoms with van der Waals surface area (Å²) in [6, 6.07) is 9.24. The molecule has 0 atom stereocenters. The number of carbonyl (C=O) groups excluding carboxylic acids is 1. The lowest BCUT2D eigenvalue weighted by Gasteiger charge is -2.02. The van der Waals surface area contributed by atoms with Crippen molar-refractivity contribution in [2.24, 2.45) is 0 Å². The molecule has 0 bridgehead atoms. The van der Waals surface area contributed by atoms with Gasteiger partial charge in [-0.1, -0.05) is 26.0 Å². The van der Waals surface area contributed by atoms with E-state index in [1.165, 1.54) is 6.20 Å². The lowest BCUT2D eigenvalue weighted by molar-refractivity contribution is 0.102. The molecular weight excluding hydrogens is 266 g/mol. The van der Waals surface area contributed by atoms with Crippen LogP contribution in [0.5, 0.6) is 0 Å². The molecule has 3 aromatic rings. The Bertz CT molecular complexity index is 793. The van der Waals surface area contributed by atoms with E-state index in [2.05, 4.69) is 25.5 Å². The molecule has 2 N–H and O–H groups in total. The number of para-hydroxylation sites is 2. The van der Waals surface area contributed by atoms with E-state index in [-0.39, 0.29) is 11.6 Å². The fourth-order valence-electron chi connectivity index (χ4n) is 1.94. The van der Waals surface area contributed by atoms with Gasteiger partial charge in [0.25, 0.3) is 5.91 Å². The van der Waals surface area contributed by atoms with Gasteiger partial charge in [0.2, 0.25) is 0 Å². The minimum atomic E-state index is -0.324. The van der Waals surface area contributed by atoms with Crippen molar-refractivity contribution in [1.82, 2.24) is 20.2 Å². The minimum Gasteiger partial charge on any atom is -0.304 e. The van der Waals surface area contributed by atoms with Crippen LogP contribution in [-0.2, 0) is 0 Å². The third kappa shape index (κ3) is 2.74. The molecule has 0 spiro atoms. The van der Waals surface area contributed by atoms with Crippen LogP contribution in [0.15, 0.2) is 36.5 Å². The lowest BCUT2D eigenvalue weighted by atomic mass is 10.1. The first kappa shape index (κ1) is 13.2. The van der Waals surface area contributed by atoms with Gasteiger partial charge in [0.15, 0.2) is 5.82 Å². The third-order valence-electron chi connectivity index (χ3n) is 3.14. The van der Waals surface area contributed by atoms with E-state index in [1.807, 2.05) is 44.2 Å². The van der Waals surface area contributed by atoms with E-state index in [9.17, 15) is 4.79 Å². The fraction of sp³-hybridized carbons (Fsp3) is 0.200. The molecule has 1 aromatic carbocycles. The average molecular weight is 281 g/mol. The van der Waals surface area contributed by atoms with E-state index in [1.54, 1.807) is 0 Å². The van der Waals surface area contributed by atoms with Crippen molar-refractivity contribution in [3.05, 3.63) is 47.9 Å². The van der Waals surface area contributed by atoms with E-state index in [0.29, 0.717) is 17.3 Å². The molecular formula is C15H15N5O. The molecule has 6 nitrogen and oxygen atoms in total. The number of hydrogen-bond donors (Lipinski definition) is 2. The van der Waals surface area contributed by atoms with Gasteiger partial charge >= 0.3 is 0 Å². The van der Waals surface area contributed by atoms with Crippen LogP contribution in [-0.4, -0.2) is 26.1 Å². The number of aromatic nitrogens is 4. The number of H-pyrrole nitrogens is 1. The number of carbonyl (C=O) groups is 1. The summed E-state index contributed by atoms with van der Waals surface area (Å²) in [5.41, 5.74) is 2.68. The Kier molecular flexibility index (Phi) is 3.35. The van der Waals surface area contributed by atoms with Crippen molar-refractivity contribution in [1.29, 1.82) is 0 Å². The van der Waals surface area contributed by atoms with Crippen molar-refractivity contribution in [2.45, 2.75) is 19.8 Å². The topological polar surface area (TPSA) is 83.6 Å². The molecule has 6 heteroatoms. The smallest absolute Gasteiger partial charge is 0.277 e. The van der Waals surface area contributed by atoms with Crippen LogP contribution in [0.1, 0.15) is 35.9 Å². The Morgan fingerprint density at radius 2 is 2.00 bits per heavy atom. The van der Waals surface area contributed by atoms with Gasteiger partial charge in [-0.2, -0.15) is 5.10 Å². The number of anilines is 1. The van der Waals surface area contributed by atoms with Crippen molar-refractivity contribution in [3.63, 3.8) is 0 Å². The summed E-state index contributed by atoms with van der Waals surface area (Å²) < 4.78 is 0. The number of aromatic amines is 1. The first-order chi connectivity index (χ1) is 10.1. The van der Waals surface area contributed by atoms with Crippen LogP contribution in [0.2, 0.25) is 0 Å². The monoisotopic (exact) mass is 281 g/mol. The summed E-state index contributed by atoms with van der Waals surface area (Å²) in [6.07, 6.45) is 1.47. The standard InChI is InChI=1S/C15H15N5O/c1-9(2)12-7-14(20-19-12)18-15(21)13-8-16-10-5-3-4-6-11(10)17-13/h3-9H,1-2H3,(H2,18,19,20,21). The maximum absolute atomic E-state index is 12.2. The number of rotatable bonds is 3. The van der Waals surface area contributed by atoms with E-state index >= 15 is 0 Å². The number of amides is 1. The molecule has 0 fully saturated rings. The predicted molar refractivity (Wildman–Crippen MR) is 80.2 cm³/mol. The Balaban J connectivity index is 1.82. The highest BCUT2D eigenvalue weighted by molar-refractivity contribution is 6.03. The van der Waals surface area contributed by atoms with Crippen LogP contribution in [0.3, 0.4) is 0 Å². The maximum Gasteiger partial charge on any atom is 0.277 e. The summed E-state index contributed by atoms with van der Waals surface area (Å²) in [6.45, 7) is 4.10. The number of nitrogens with zero attached hydrogens (tertiary/aromatic N) is 3. The molecule has 0 radical (unpaired) electrons. The van der Waals surface area contributed by atoms with Crippen LogP contribution >= 0.6 is 0 Å². The zero-order chi connectivity index (χ0) is 14.8. The predicted octanol–water partition coefficient (Wildman–Crippen LogP) is 2.73. The van der Waals surface area contributed by atoms with E-state index in [4.69, 9.17) is 0 Å². The molecule has 0 aliphatic rings. The number of fused-ring (bicyclic) bond motifs is 1. The largest absolute Gasteiger partial charge is 0.304 e. The summed E-state index contributed by atoms with van der Waals surface area (Å²) >= 11 is 0. The Labute approximate surface area is 121 Å². The molecule has 2 heterocycles. The summed E-state index contributed by atoms with van der Waals surface area (Å²) in [5, 5.41) is 9.67. The molecule has 0 saturated heterocycles. The molecule has 0 saturated carbocycles. The summed E-state index contributed by atoms with van der Waals surface area (Å²) in [5.74, 6) is 0.484. The Morgan fingerprint density at radius 1 is 1.24 bits per heavy atom. The van der Waals surface area contributed by atoms with Crippen LogP contribution in [0, 0.1) is 0 Å². The van der Waals surface area contributed by atoms with Gasteiger partial charge in [0.1, 0.15) is 5.69 Å². The summed E-state index contributed by atoms with van der Waals surface area (Å²) in [7, 11) is 0. The van der Waals surface area contributed by atoms with Crippen molar-refractivity contribution in [2.75, 3.05) is 5.32 Å². The molecule has 1 amide bonds. The highest BCUT2D eigenvalue weighted by atomic mass is 16.2. The summed E-state index contributed by atoms with van der Waals surface area (Å²) in [4.78, 5) is 20.7. The van der Waals surface area contributed by atoms with Gasteiger partial charge in [-0.25, -0.2) is 4.98 Å². The van der Waals surface area contributed by atoms with Gasteiger partial charge in [-0.15, -0.1) is 0 Å². The quantitative estimate of drug-likeness (QED) is 0.773. The highest BCUT2D eigenvalue weighted by Crippen LogP contribution is 2.15.